The maximum Gasteiger partial charge on any atom is 0.397 e. The first kappa shape index (κ1) is 13.5. The van der Waals surface area contributed by atoms with E-state index in [9.17, 15) is 13.2 Å². The van der Waals surface area contributed by atoms with Crippen molar-refractivity contribution in [2.75, 3.05) is 33.2 Å². The van der Waals surface area contributed by atoms with E-state index in [0.29, 0.717) is 0 Å². The van der Waals surface area contributed by atoms with Crippen LogP contribution in [0.3, 0.4) is 0 Å². The Bertz CT molecular complexity index is 365. The van der Waals surface area contributed by atoms with Gasteiger partial charge < -0.3 is 9.80 Å². The molecule has 0 spiro atoms. The van der Waals surface area contributed by atoms with Crippen LogP contribution in [0.2, 0.25) is 0 Å². The fourth-order valence-electron chi connectivity index (χ4n) is 2.23. The van der Waals surface area contributed by atoms with E-state index in [-0.39, 0.29) is 6.42 Å². The molecule has 1 aliphatic heterocycles. The second-order valence-corrected chi connectivity index (χ2v) is 5.37. The van der Waals surface area contributed by atoms with Gasteiger partial charge in [-0.1, -0.05) is 12.2 Å². The minimum atomic E-state index is -4.17. The van der Waals surface area contributed by atoms with Gasteiger partial charge in [0.25, 0.3) is 0 Å². The zero-order valence-electron chi connectivity index (χ0n) is 10.8. The maximum absolute atomic E-state index is 12.8. The molecule has 1 aliphatic carbocycles. The first-order valence-electron chi connectivity index (χ1n) is 6.21. The molecule has 1 heterocycles. The lowest BCUT2D eigenvalue weighted by atomic mass is 9.82. The van der Waals surface area contributed by atoms with E-state index in [0.717, 1.165) is 31.9 Å². The van der Waals surface area contributed by atoms with Crippen molar-refractivity contribution in [1.29, 1.82) is 0 Å². The molecule has 0 radical (unpaired) electrons. The second-order valence-electron chi connectivity index (χ2n) is 5.37. The van der Waals surface area contributed by atoms with Crippen LogP contribution in [0.15, 0.2) is 23.9 Å². The van der Waals surface area contributed by atoms with Gasteiger partial charge >= 0.3 is 6.18 Å². The van der Waals surface area contributed by atoms with E-state index in [1.807, 2.05) is 0 Å². The predicted molar refractivity (Wildman–Crippen MR) is 65.1 cm³/mol. The van der Waals surface area contributed by atoms with Crippen molar-refractivity contribution in [2.45, 2.75) is 19.5 Å². The van der Waals surface area contributed by atoms with E-state index in [1.54, 1.807) is 12.2 Å². The van der Waals surface area contributed by atoms with Crippen LogP contribution in [-0.4, -0.2) is 49.2 Å². The van der Waals surface area contributed by atoms with Gasteiger partial charge in [0.05, 0.1) is 5.41 Å². The van der Waals surface area contributed by atoms with Crippen molar-refractivity contribution in [3.63, 3.8) is 0 Å². The molecule has 1 atom stereocenters. The third-order valence-electron chi connectivity index (χ3n) is 3.87. The van der Waals surface area contributed by atoms with Gasteiger partial charge in [-0.05, 0) is 26.5 Å². The number of halogens is 3. The molecule has 18 heavy (non-hydrogen) atoms. The fourth-order valence-corrected chi connectivity index (χ4v) is 2.23. The highest BCUT2D eigenvalue weighted by atomic mass is 19.4. The lowest BCUT2D eigenvalue weighted by Crippen LogP contribution is -2.44. The monoisotopic (exact) mass is 260 g/mol. The molecule has 0 aromatic heterocycles. The number of hydrogen-bond acceptors (Lipinski definition) is 2. The number of piperazine rings is 1. The zero-order chi connectivity index (χ0) is 13.4. The summed E-state index contributed by atoms with van der Waals surface area (Å²) in [6, 6.07) is 0. The number of nitrogens with zero attached hydrogens (tertiary/aromatic N) is 2. The minimum Gasteiger partial charge on any atom is -0.369 e. The molecular weight excluding hydrogens is 241 g/mol. The highest BCUT2D eigenvalue weighted by Crippen LogP contribution is 2.44. The summed E-state index contributed by atoms with van der Waals surface area (Å²) < 4.78 is 38.5. The van der Waals surface area contributed by atoms with Gasteiger partial charge in [0.15, 0.2) is 0 Å². The molecule has 0 bridgehead atoms. The Kier molecular flexibility index (Phi) is 3.45. The number of likely N-dealkylation sites (N-methyl/N-ethyl adjacent to an activating group) is 1. The summed E-state index contributed by atoms with van der Waals surface area (Å²) in [6.07, 6.45) is 0.518. The highest BCUT2D eigenvalue weighted by Gasteiger charge is 2.49. The molecule has 0 amide bonds. The normalized spacial score (nSPS) is 30.5. The van der Waals surface area contributed by atoms with Crippen LogP contribution >= 0.6 is 0 Å². The SMILES string of the molecule is CN1CCN(C2=CCC(C)(C(F)(F)F)C=C2)CC1. The van der Waals surface area contributed by atoms with Gasteiger partial charge in [-0.25, -0.2) is 0 Å². The van der Waals surface area contributed by atoms with E-state index in [4.69, 9.17) is 0 Å². The molecule has 0 N–H and O–H groups in total. The predicted octanol–water partition coefficient (Wildman–Crippen LogP) is 2.65. The lowest BCUT2D eigenvalue weighted by Gasteiger charge is -2.37. The largest absolute Gasteiger partial charge is 0.397 e. The van der Waals surface area contributed by atoms with E-state index >= 15 is 0 Å². The number of rotatable bonds is 1. The van der Waals surface area contributed by atoms with Crippen LogP contribution in [0.25, 0.3) is 0 Å². The van der Waals surface area contributed by atoms with Crippen molar-refractivity contribution in [1.82, 2.24) is 9.80 Å². The zero-order valence-corrected chi connectivity index (χ0v) is 10.8. The number of hydrogen-bond donors (Lipinski definition) is 0. The molecule has 1 fully saturated rings. The Morgan fingerprint density at radius 3 is 2.22 bits per heavy atom. The van der Waals surface area contributed by atoms with Crippen molar-refractivity contribution in [3.05, 3.63) is 23.9 Å². The van der Waals surface area contributed by atoms with Gasteiger partial charge in [0, 0.05) is 31.9 Å². The van der Waals surface area contributed by atoms with Crippen LogP contribution in [0.1, 0.15) is 13.3 Å². The summed E-state index contributed by atoms with van der Waals surface area (Å²) in [7, 11) is 2.06. The third-order valence-corrected chi connectivity index (χ3v) is 3.87. The Balaban J connectivity index is 2.02. The van der Waals surface area contributed by atoms with Crippen LogP contribution in [-0.2, 0) is 0 Å². The molecule has 2 nitrogen and oxygen atoms in total. The van der Waals surface area contributed by atoms with Crippen LogP contribution in [0, 0.1) is 5.41 Å². The summed E-state index contributed by atoms with van der Waals surface area (Å²) in [5.41, 5.74) is -0.770. The maximum atomic E-state index is 12.8. The molecule has 2 rings (SSSR count). The standard InChI is InChI=1S/C13H19F3N2/c1-12(13(14,15)16)5-3-11(4-6-12)18-9-7-17(2)8-10-18/h3-5H,6-10H2,1-2H3. The molecule has 5 heteroatoms. The molecule has 0 aromatic carbocycles. The first-order chi connectivity index (χ1) is 8.32. The van der Waals surface area contributed by atoms with Crippen molar-refractivity contribution < 1.29 is 13.2 Å². The smallest absolute Gasteiger partial charge is 0.369 e. The fraction of sp³-hybridized carbons (Fsp3) is 0.692. The summed E-state index contributed by atoms with van der Waals surface area (Å²) in [5.74, 6) is 0. The Labute approximate surface area is 106 Å². The number of allylic oxidation sites excluding steroid dienone is 3. The van der Waals surface area contributed by atoms with Gasteiger partial charge in [0.1, 0.15) is 0 Å². The molecule has 0 aromatic rings. The molecule has 2 aliphatic rings. The Morgan fingerprint density at radius 1 is 1.17 bits per heavy atom. The van der Waals surface area contributed by atoms with E-state index < -0.39 is 11.6 Å². The van der Waals surface area contributed by atoms with Gasteiger partial charge in [-0.15, -0.1) is 0 Å². The summed E-state index contributed by atoms with van der Waals surface area (Å²) in [4.78, 5) is 4.38. The summed E-state index contributed by atoms with van der Waals surface area (Å²) in [5, 5.41) is 0. The molecule has 1 unspecified atom stereocenters. The highest BCUT2D eigenvalue weighted by molar-refractivity contribution is 5.27. The first-order valence-corrected chi connectivity index (χ1v) is 6.21. The van der Waals surface area contributed by atoms with E-state index in [2.05, 4.69) is 16.8 Å². The van der Waals surface area contributed by atoms with Crippen LogP contribution < -0.4 is 0 Å². The summed E-state index contributed by atoms with van der Waals surface area (Å²) >= 11 is 0. The second kappa shape index (κ2) is 4.61. The minimum absolute atomic E-state index is 0.0364. The average Bonchev–Trinajstić information content (AvgIpc) is 2.30. The topological polar surface area (TPSA) is 6.48 Å². The molecular formula is C13H19F3N2. The van der Waals surface area contributed by atoms with Crippen molar-refractivity contribution >= 4 is 0 Å². The molecule has 102 valence electrons. The molecule has 1 saturated heterocycles. The van der Waals surface area contributed by atoms with Gasteiger partial charge in [-0.3, -0.25) is 0 Å². The quantitative estimate of drug-likeness (QED) is 0.715. The molecule has 0 saturated carbocycles. The third kappa shape index (κ3) is 2.55. The Hall–Kier alpha value is -0.970. The summed E-state index contributed by atoms with van der Waals surface area (Å²) in [6.45, 7) is 4.94. The van der Waals surface area contributed by atoms with E-state index in [1.165, 1.54) is 13.0 Å². The van der Waals surface area contributed by atoms with Crippen molar-refractivity contribution in [3.8, 4) is 0 Å². The lowest BCUT2D eigenvalue weighted by molar-refractivity contribution is -0.199. The number of alkyl halides is 3. The van der Waals surface area contributed by atoms with Crippen molar-refractivity contribution in [2.24, 2.45) is 5.41 Å². The van der Waals surface area contributed by atoms with Gasteiger partial charge in [-0.2, -0.15) is 13.2 Å². The average molecular weight is 260 g/mol. The van der Waals surface area contributed by atoms with Gasteiger partial charge in [0.2, 0.25) is 0 Å². The Morgan fingerprint density at radius 2 is 1.78 bits per heavy atom. The van der Waals surface area contributed by atoms with Crippen LogP contribution in [0.4, 0.5) is 13.2 Å². The van der Waals surface area contributed by atoms with Crippen LogP contribution in [0.5, 0.6) is 0 Å².